The predicted molar refractivity (Wildman–Crippen MR) is 140 cm³/mol. The largest absolute Gasteiger partial charge is 0.379 e. The van der Waals surface area contributed by atoms with E-state index in [9.17, 15) is 13.2 Å². The smallest absolute Gasteiger partial charge is 0.257 e. The number of fused-ring (bicyclic) bond motifs is 2. The summed E-state index contributed by atoms with van der Waals surface area (Å²) in [4.78, 5) is 24.6. The molecule has 2 fully saturated rings. The van der Waals surface area contributed by atoms with Gasteiger partial charge in [0.15, 0.2) is 5.82 Å². The summed E-state index contributed by atoms with van der Waals surface area (Å²) >= 11 is 0. The van der Waals surface area contributed by atoms with E-state index in [0.29, 0.717) is 55.0 Å². The zero-order chi connectivity index (χ0) is 25.4. The lowest BCUT2D eigenvalue weighted by Crippen LogP contribution is -2.40. The van der Waals surface area contributed by atoms with Crippen LogP contribution in [0.1, 0.15) is 36.0 Å². The van der Waals surface area contributed by atoms with E-state index in [-0.39, 0.29) is 16.8 Å². The lowest BCUT2D eigenvalue weighted by molar-refractivity contribution is 0.0730. The van der Waals surface area contributed by atoms with Crippen LogP contribution in [0.4, 0.5) is 28.8 Å². The van der Waals surface area contributed by atoms with E-state index in [2.05, 4.69) is 20.5 Å². The fourth-order valence-electron chi connectivity index (χ4n) is 5.19. The van der Waals surface area contributed by atoms with Crippen LogP contribution >= 0.6 is 0 Å². The van der Waals surface area contributed by atoms with Gasteiger partial charge in [0.2, 0.25) is 16.0 Å². The summed E-state index contributed by atoms with van der Waals surface area (Å²) in [6.07, 6.45) is 5.93. The first-order valence-electron chi connectivity index (χ1n) is 12.5. The number of sulfonamides is 1. The van der Waals surface area contributed by atoms with Crippen LogP contribution in [0.25, 0.3) is 0 Å². The van der Waals surface area contributed by atoms with Crippen molar-refractivity contribution < 1.29 is 17.9 Å². The van der Waals surface area contributed by atoms with Crippen molar-refractivity contribution in [3.8, 4) is 0 Å². The van der Waals surface area contributed by atoms with Crippen LogP contribution in [0.2, 0.25) is 0 Å². The molecule has 1 saturated heterocycles. The van der Waals surface area contributed by atoms with Gasteiger partial charge in [-0.05, 0) is 49.2 Å². The Hall–Kier alpha value is -3.54. The Morgan fingerprint density at radius 1 is 1.00 bits per heavy atom. The average molecular weight is 521 g/mol. The lowest BCUT2D eigenvalue weighted by Gasteiger charge is -2.31. The van der Waals surface area contributed by atoms with Crippen LogP contribution in [0.3, 0.4) is 0 Å². The van der Waals surface area contributed by atoms with Gasteiger partial charge in [-0.2, -0.15) is 9.29 Å². The highest BCUT2D eigenvalue weighted by Gasteiger charge is 2.33. The molecule has 3 aliphatic rings. The maximum Gasteiger partial charge on any atom is 0.257 e. The Kier molecular flexibility index (Phi) is 6.27. The molecule has 2 aliphatic heterocycles. The number of hydrogen-bond acceptors (Lipinski definition) is 8. The molecule has 0 bridgehead atoms. The van der Waals surface area contributed by atoms with Crippen LogP contribution in [0.5, 0.6) is 0 Å². The van der Waals surface area contributed by atoms with E-state index in [4.69, 9.17) is 9.72 Å². The summed E-state index contributed by atoms with van der Waals surface area (Å²) in [5.41, 5.74) is 2.67. The van der Waals surface area contributed by atoms with Crippen molar-refractivity contribution in [2.45, 2.75) is 36.6 Å². The van der Waals surface area contributed by atoms with Gasteiger partial charge in [0.05, 0.1) is 35.6 Å². The Bertz CT molecular complexity index is 1420. The van der Waals surface area contributed by atoms with E-state index in [1.54, 1.807) is 30.5 Å². The number of para-hydroxylation sites is 1. The van der Waals surface area contributed by atoms with Crippen molar-refractivity contribution in [3.05, 3.63) is 60.3 Å². The number of hydrogen-bond donors (Lipinski definition) is 2. The maximum atomic E-state index is 13.0. The molecule has 6 rings (SSSR count). The molecular formula is C26H28N6O4S. The summed E-state index contributed by atoms with van der Waals surface area (Å²) in [7, 11) is -3.57. The second-order valence-electron chi connectivity index (χ2n) is 9.38. The first-order valence-corrected chi connectivity index (χ1v) is 14.0. The van der Waals surface area contributed by atoms with Gasteiger partial charge in [-0.25, -0.2) is 13.4 Å². The van der Waals surface area contributed by atoms with Crippen LogP contribution in [0.15, 0.2) is 59.6 Å². The van der Waals surface area contributed by atoms with Crippen molar-refractivity contribution in [3.63, 3.8) is 0 Å². The van der Waals surface area contributed by atoms with Gasteiger partial charge < -0.3 is 20.3 Å². The molecule has 0 atom stereocenters. The molecule has 2 aromatic carbocycles. The number of carbonyl (C=O) groups excluding carboxylic acids is 1. The molecular weight excluding hydrogens is 492 g/mol. The molecule has 37 heavy (non-hydrogen) atoms. The number of morpholine rings is 1. The summed E-state index contributed by atoms with van der Waals surface area (Å²) in [6.45, 7) is 1.50. The summed E-state index contributed by atoms with van der Waals surface area (Å²) < 4.78 is 32.6. The molecule has 2 N–H and O–H groups in total. The van der Waals surface area contributed by atoms with Crippen molar-refractivity contribution in [1.29, 1.82) is 0 Å². The monoisotopic (exact) mass is 520 g/mol. The minimum Gasteiger partial charge on any atom is -0.379 e. The van der Waals surface area contributed by atoms with E-state index >= 15 is 0 Å². The summed E-state index contributed by atoms with van der Waals surface area (Å²) in [5.74, 6) is 0.826. The van der Waals surface area contributed by atoms with E-state index in [1.807, 2.05) is 24.3 Å². The molecule has 0 unspecified atom stereocenters. The van der Waals surface area contributed by atoms with Crippen LogP contribution < -0.4 is 15.5 Å². The lowest BCUT2D eigenvalue weighted by atomic mass is 10.1. The van der Waals surface area contributed by atoms with E-state index in [0.717, 1.165) is 31.4 Å². The molecule has 1 saturated carbocycles. The standard InChI is InChI=1S/C26H28N6O4S/c33-25-21-7-3-4-8-23(21)32(19-5-1-2-6-19)24-22(29-25)17-27-26(30-24)28-18-9-11-20(12-10-18)37(34,35)31-13-15-36-16-14-31/h3-4,7-12,17,19H,1-2,5-6,13-16H2,(H,29,33)(H,27,28,30). The molecule has 3 heterocycles. The number of anilines is 5. The molecule has 192 valence electrons. The molecule has 1 aromatic heterocycles. The first-order chi connectivity index (χ1) is 18.0. The van der Waals surface area contributed by atoms with Crippen molar-refractivity contribution in [2.24, 2.45) is 0 Å². The third-order valence-corrected chi connectivity index (χ3v) is 8.97. The number of rotatable bonds is 5. The second kappa shape index (κ2) is 9.73. The van der Waals surface area contributed by atoms with Crippen LogP contribution in [-0.2, 0) is 14.8 Å². The number of amides is 1. The van der Waals surface area contributed by atoms with Gasteiger partial charge in [-0.15, -0.1) is 0 Å². The van der Waals surface area contributed by atoms with Gasteiger partial charge in [-0.1, -0.05) is 25.0 Å². The SMILES string of the molecule is O=C1Nc2cnc(Nc3ccc(S(=O)(=O)N4CCOCC4)cc3)nc2N(C2CCCC2)c2ccccc21. The number of nitrogens with one attached hydrogen (secondary N) is 2. The Balaban J connectivity index is 1.30. The number of carbonyl (C=O) groups is 1. The van der Waals surface area contributed by atoms with Gasteiger partial charge in [0, 0.05) is 24.8 Å². The molecule has 3 aromatic rings. The first kappa shape index (κ1) is 23.8. The Morgan fingerprint density at radius 2 is 1.73 bits per heavy atom. The number of nitrogens with zero attached hydrogens (tertiary/aromatic N) is 4. The zero-order valence-electron chi connectivity index (χ0n) is 20.3. The highest BCUT2D eigenvalue weighted by molar-refractivity contribution is 7.89. The molecule has 10 nitrogen and oxygen atoms in total. The van der Waals surface area contributed by atoms with E-state index in [1.165, 1.54) is 4.31 Å². The van der Waals surface area contributed by atoms with Crippen molar-refractivity contribution in [2.75, 3.05) is 41.8 Å². The van der Waals surface area contributed by atoms with Crippen molar-refractivity contribution >= 4 is 44.8 Å². The van der Waals surface area contributed by atoms with Crippen molar-refractivity contribution in [1.82, 2.24) is 14.3 Å². The molecule has 0 radical (unpaired) electrons. The third-order valence-electron chi connectivity index (χ3n) is 7.06. The normalized spacial score (nSPS) is 18.6. The zero-order valence-corrected chi connectivity index (χ0v) is 21.1. The highest BCUT2D eigenvalue weighted by atomic mass is 32.2. The van der Waals surface area contributed by atoms with Gasteiger partial charge in [0.25, 0.3) is 5.91 Å². The number of aromatic nitrogens is 2. The topological polar surface area (TPSA) is 117 Å². The molecule has 1 amide bonds. The fourth-order valence-corrected chi connectivity index (χ4v) is 6.60. The minimum atomic E-state index is -3.57. The molecule has 1 aliphatic carbocycles. The molecule has 11 heteroatoms. The maximum absolute atomic E-state index is 13.0. The molecule has 0 spiro atoms. The number of ether oxygens (including phenoxy) is 1. The Labute approximate surface area is 215 Å². The van der Waals surface area contributed by atoms with E-state index < -0.39 is 10.0 Å². The summed E-state index contributed by atoms with van der Waals surface area (Å²) in [5, 5.41) is 6.15. The quantitative estimate of drug-likeness (QED) is 0.521. The minimum absolute atomic E-state index is 0.182. The van der Waals surface area contributed by atoms with Crippen LogP contribution in [0, 0.1) is 0 Å². The number of benzene rings is 2. The van der Waals surface area contributed by atoms with Gasteiger partial charge >= 0.3 is 0 Å². The van der Waals surface area contributed by atoms with Gasteiger partial charge in [0.1, 0.15) is 5.69 Å². The third kappa shape index (κ3) is 4.54. The summed E-state index contributed by atoms with van der Waals surface area (Å²) in [6, 6.07) is 14.4. The Morgan fingerprint density at radius 3 is 2.49 bits per heavy atom. The second-order valence-corrected chi connectivity index (χ2v) is 11.3. The van der Waals surface area contributed by atoms with Crippen LogP contribution in [-0.4, -0.2) is 60.9 Å². The predicted octanol–water partition coefficient (Wildman–Crippen LogP) is 3.89. The highest BCUT2D eigenvalue weighted by Crippen LogP contribution is 2.41. The van der Waals surface area contributed by atoms with Gasteiger partial charge in [-0.3, -0.25) is 4.79 Å². The fraction of sp³-hybridized carbons (Fsp3) is 0.346. The average Bonchev–Trinajstić information content (AvgIpc) is 3.42.